The Morgan fingerprint density at radius 3 is 2.77 bits per heavy atom. The van der Waals surface area contributed by atoms with Gasteiger partial charge < -0.3 is 15.1 Å². The second kappa shape index (κ2) is 7.83. The minimum atomic E-state index is -0.516. The molecule has 3 rings (SSSR count). The zero-order valence-electron chi connectivity index (χ0n) is 14.6. The predicted molar refractivity (Wildman–Crippen MR) is 96.1 cm³/mol. The molecule has 1 aromatic heterocycles. The molecule has 2 aromatic rings. The smallest absolute Gasteiger partial charge is 0.317 e. The number of urea groups is 1. The van der Waals surface area contributed by atoms with E-state index in [0.29, 0.717) is 38.4 Å². The van der Waals surface area contributed by atoms with Crippen molar-refractivity contribution in [2.75, 3.05) is 31.1 Å². The normalized spacial score (nSPS) is 14.0. The molecule has 1 saturated heterocycles. The average Bonchev–Trinajstić information content (AvgIpc) is 2.67. The summed E-state index contributed by atoms with van der Waals surface area (Å²) in [6.07, 6.45) is 3.48. The number of carbonyl (C=O) groups excluding carboxylic acids is 1. The summed E-state index contributed by atoms with van der Waals surface area (Å²) in [5.41, 5.74) is 2.71. The fraction of sp³-hybridized carbons (Fsp3) is 0.316. The molecule has 0 spiro atoms. The summed E-state index contributed by atoms with van der Waals surface area (Å²) in [7, 11) is 0. The molecule has 0 radical (unpaired) electrons. The van der Waals surface area contributed by atoms with Gasteiger partial charge in [0.1, 0.15) is 17.4 Å². The van der Waals surface area contributed by atoms with Crippen LogP contribution in [0, 0.1) is 24.1 Å². The molecule has 26 heavy (non-hydrogen) atoms. The average molecular weight is 353 g/mol. The summed E-state index contributed by atoms with van der Waals surface area (Å²) in [6.45, 7) is 4.56. The van der Waals surface area contributed by atoms with Gasteiger partial charge in [-0.05, 0) is 36.2 Å². The highest BCUT2D eigenvalue weighted by atomic mass is 19.1. The van der Waals surface area contributed by atoms with Crippen molar-refractivity contribution in [2.45, 2.75) is 13.5 Å². The first-order valence-electron chi connectivity index (χ1n) is 8.46. The van der Waals surface area contributed by atoms with Crippen LogP contribution in [0.15, 0.2) is 36.7 Å². The van der Waals surface area contributed by atoms with E-state index < -0.39 is 5.82 Å². The fourth-order valence-corrected chi connectivity index (χ4v) is 3.02. The molecule has 2 heterocycles. The molecule has 134 valence electrons. The van der Waals surface area contributed by atoms with Crippen molar-refractivity contribution < 1.29 is 9.18 Å². The van der Waals surface area contributed by atoms with Gasteiger partial charge in [0.15, 0.2) is 0 Å². The van der Waals surface area contributed by atoms with E-state index in [0.717, 1.165) is 11.1 Å². The Morgan fingerprint density at radius 2 is 2.08 bits per heavy atom. The number of pyridine rings is 1. The van der Waals surface area contributed by atoms with E-state index >= 15 is 0 Å². The van der Waals surface area contributed by atoms with Crippen LogP contribution < -0.4 is 10.2 Å². The Labute approximate surface area is 151 Å². The molecule has 1 aromatic carbocycles. The number of amides is 2. The van der Waals surface area contributed by atoms with Gasteiger partial charge in [-0.25, -0.2) is 9.18 Å². The lowest BCUT2D eigenvalue weighted by Gasteiger charge is -2.36. The zero-order valence-corrected chi connectivity index (χ0v) is 14.6. The van der Waals surface area contributed by atoms with Crippen LogP contribution in [0.4, 0.5) is 14.9 Å². The van der Waals surface area contributed by atoms with Crippen LogP contribution in [-0.4, -0.2) is 42.1 Å². The quantitative estimate of drug-likeness (QED) is 0.920. The molecular formula is C19H20FN5O. The van der Waals surface area contributed by atoms with Gasteiger partial charge >= 0.3 is 6.03 Å². The molecule has 1 N–H and O–H groups in total. The number of benzene rings is 1. The number of hydrogen-bond acceptors (Lipinski definition) is 4. The maximum Gasteiger partial charge on any atom is 0.317 e. The number of nitriles is 1. The van der Waals surface area contributed by atoms with Crippen molar-refractivity contribution in [3.05, 3.63) is 59.2 Å². The highest BCUT2D eigenvalue weighted by molar-refractivity contribution is 5.74. The first kappa shape index (κ1) is 17.7. The van der Waals surface area contributed by atoms with E-state index in [1.807, 2.05) is 24.0 Å². The number of aromatic nitrogens is 1. The molecule has 2 amide bonds. The summed E-state index contributed by atoms with van der Waals surface area (Å²) in [5.74, 6) is -0.516. The Balaban J connectivity index is 1.57. The molecule has 1 aliphatic heterocycles. The third kappa shape index (κ3) is 3.75. The van der Waals surface area contributed by atoms with Crippen LogP contribution in [0.3, 0.4) is 0 Å². The van der Waals surface area contributed by atoms with Gasteiger partial charge in [0.25, 0.3) is 0 Å². The summed E-state index contributed by atoms with van der Waals surface area (Å²) in [4.78, 5) is 20.1. The van der Waals surface area contributed by atoms with Crippen molar-refractivity contribution in [3.63, 3.8) is 0 Å². The van der Waals surface area contributed by atoms with Crippen LogP contribution in [0.2, 0.25) is 0 Å². The number of piperazine rings is 1. The van der Waals surface area contributed by atoms with E-state index in [1.54, 1.807) is 29.4 Å². The van der Waals surface area contributed by atoms with Gasteiger partial charge in [-0.15, -0.1) is 0 Å². The van der Waals surface area contributed by atoms with E-state index in [-0.39, 0.29) is 11.6 Å². The predicted octanol–water partition coefficient (Wildman–Crippen LogP) is 2.43. The van der Waals surface area contributed by atoms with Crippen molar-refractivity contribution in [1.29, 1.82) is 5.26 Å². The number of nitrogens with zero attached hydrogens (tertiary/aromatic N) is 4. The molecule has 0 saturated carbocycles. The topological polar surface area (TPSA) is 72.3 Å². The molecule has 0 aliphatic carbocycles. The van der Waals surface area contributed by atoms with E-state index in [9.17, 15) is 14.4 Å². The van der Waals surface area contributed by atoms with Gasteiger partial charge in [-0.3, -0.25) is 4.98 Å². The summed E-state index contributed by atoms with van der Waals surface area (Å²) < 4.78 is 13.8. The van der Waals surface area contributed by atoms with Crippen LogP contribution in [0.25, 0.3) is 0 Å². The van der Waals surface area contributed by atoms with E-state index in [4.69, 9.17) is 0 Å². The largest absolute Gasteiger partial charge is 0.367 e. The first-order valence-corrected chi connectivity index (χ1v) is 8.46. The fourth-order valence-electron chi connectivity index (χ4n) is 3.02. The number of halogens is 1. The highest BCUT2D eigenvalue weighted by Gasteiger charge is 2.23. The zero-order chi connectivity index (χ0) is 18.5. The minimum Gasteiger partial charge on any atom is -0.367 e. The van der Waals surface area contributed by atoms with Crippen LogP contribution in [0.5, 0.6) is 0 Å². The molecule has 1 fully saturated rings. The summed E-state index contributed by atoms with van der Waals surface area (Å²) in [5, 5.41) is 12.1. The Morgan fingerprint density at radius 1 is 1.31 bits per heavy atom. The molecule has 0 unspecified atom stereocenters. The summed E-state index contributed by atoms with van der Waals surface area (Å²) >= 11 is 0. The third-order valence-electron chi connectivity index (χ3n) is 4.58. The van der Waals surface area contributed by atoms with Gasteiger partial charge in [0, 0.05) is 45.1 Å². The Bertz CT molecular complexity index is 840. The molecule has 0 bridgehead atoms. The molecule has 0 atom stereocenters. The van der Waals surface area contributed by atoms with Gasteiger partial charge in [-0.1, -0.05) is 6.07 Å². The number of hydrogen-bond donors (Lipinski definition) is 1. The number of rotatable bonds is 3. The van der Waals surface area contributed by atoms with E-state index in [2.05, 4.69) is 10.3 Å². The maximum atomic E-state index is 13.8. The number of aryl methyl sites for hydroxylation is 1. The lowest BCUT2D eigenvalue weighted by Crippen LogP contribution is -2.51. The second-order valence-corrected chi connectivity index (χ2v) is 6.18. The highest BCUT2D eigenvalue weighted by Crippen LogP contribution is 2.23. The van der Waals surface area contributed by atoms with Crippen molar-refractivity contribution in [2.24, 2.45) is 0 Å². The van der Waals surface area contributed by atoms with Crippen LogP contribution >= 0.6 is 0 Å². The Kier molecular flexibility index (Phi) is 5.32. The van der Waals surface area contributed by atoms with Crippen molar-refractivity contribution in [3.8, 4) is 6.07 Å². The lowest BCUT2D eigenvalue weighted by molar-refractivity contribution is 0.194. The lowest BCUT2D eigenvalue weighted by atomic mass is 10.1. The van der Waals surface area contributed by atoms with Crippen molar-refractivity contribution >= 4 is 11.7 Å². The maximum absolute atomic E-state index is 13.8. The first-order chi connectivity index (χ1) is 12.6. The number of nitrogens with one attached hydrogen (secondary N) is 1. The monoisotopic (exact) mass is 353 g/mol. The minimum absolute atomic E-state index is 0.0542. The van der Waals surface area contributed by atoms with Gasteiger partial charge in [0.2, 0.25) is 0 Å². The van der Waals surface area contributed by atoms with Crippen molar-refractivity contribution in [1.82, 2.24) is 15.2 Å². The van der Waals surface area contributed by atoms with E-state index in [1.165, 1.54) is 6.07 Å². The summed E-state index contributed by atoms with van der Waals surface area (Å²) in [6, 6.07) is 8.31. The van der Waals surface area contributed by atoms with Crippen LogP contribution in [0.1, 0.15) is 16.7 Å². The molecule has 1 aliphatic rings. The number of carbonyl (C=O) groups is 1. The van der Waals surface area contributed by atoms with Gasteiger partial charge in [0.05, 0.1) is 5.69 Å². The Hall–Kier alpha value is -3.14. The second-order valence-electron chi connectivity index (χ2n) is 6.18. The van der Waals surface area contributed by atoms with Gasteiger partial charge in [-0.2, -0.15) is 5.26 Å². The third-order valence-corrected chi connectivity index (χ3v) is 4.58. The molecular weight excluding hydrogens is 333 g/mol. The van der Waals surface area contributed by atoms with Crippen LogP contribution in [-0.2, 0) is 6.54 Å². The molecule has 7 heteroatoms. The SMILES string of the molecule is Cc1cnccc1CNC(=O)N1CCN(c2cccc(F)c2C#N)CC1. The number of anilines is 1. The standard InChI is InChI=1S/C19H20FN5O/c1-14-12-22-6-5-15(14)13-23-19(26)25-9-7-24(8-10-25)18-4-2-3-17(20)16(18)11-21/h2-6,12H,7-10,13H2,1H3,(H,23,26). The molecule has 6 nitrogen and oxygen atoms in total.